The number of ether oxygens (including phenoxy) is 2. The van der Waals surface area contributed by atoms with Crippen LogP contribution in [0.25, 0.3) is 18.1 Å². The van der Waals surface area contributed by atoms with Gasteiger partial charge in [0.25, 0.3) is 0 Å². The van der Waals surface area contributed by atoms with Crippen LogP contribution in [0.1, 0.15) is 5.56 Å². The van der Waals surface area contributed by atoms with Gasteiger partial charge >= 0.3 is 0 Å². The van der Waals surface area contributed by atoms with Crippen molar-refractivity contribution >= 4 is 18.1 Å². The Hall–Kier alpha value is -3.48. The second-order valence-electron chi connectivity index (χ2n) is 5.11. The van der Waals surface area contributed by atoms with E-state index in [1.807, 2.05) is 0 Å². The van der Waals surface area contributed by atoms with E-state index in [-0.39, 0.29) is 34.0 Å². The van der Waals surface area contributed by atoms with Gasteiger partial charge in [0, 0.05) is 17.4 Å². The Bertz CT molecular complexity index is 1020. The van der Waals surface area contributed by atoms with Gasteiger partial charge < -0.3 is 35.0 Å². The molecule has 23 heavy (non-hydrogen) atoms. The minimum atomic E-state index is -0.664. The van der Waals surface area contributed by atoms with Crippen molar-refractivity contribution < 1.29 is 35.0 Å². The molecule has 2 aliphatic heterocycles. The second-order valence-corrected chi connectivity index (χ2v) is 5.11. The fourth-order valence-electron chi connectivity index (χ4n) is 2.55. The third kappa shape index (κ3) is 1.76. The molecule has 0 radical (unpaired) electrons. The van der Waals surface area contributed by atoms with Gasteiger partial charge in [0.2, 0.25) is 5.75 Å². The first-order chi connectivity index (χ1) is 11.0. The molecule has 0 atom stereocenters. The molecule has 7 nitrogen and oxygen atoms in total. The van der Waals surface area contributed by atoms with Gasteiger partial charge in [-0.05, 0) is 12.1 Å². The van der Waals surface area contributed by atoms with E-state index in [0.717, 1.165) is 0 Å². The molecule has 0 amide bonds. The lowest BCUT2D eigenvalue weighted by atomic mass is 10.1. The zero-order chi connectivity index (χ0) is 16.3. The maximum Gasteiger partial charge on any atom is 0.201 e. The summed E-state index contributed by atoms with van der Waals surface area (Å²) in [6.45, 7) is 0. The molecule has 2 aromatic rings. The van der Waals surface area contributed by atoms with Crippen molar-refractivity contribution in [3.05, 3.63) is 40.0 Å². The molecule has 4 rings (SSSR count). The highest BCUT2D eigenvalue weighted by atomic mass is 16.5. The summed E-state index contributed by atoms with van der Waals surface area (Å²) in [5.74, 6) is -1.49. The van der Waals surface area contributed by atoms with Crippen LogP contribution in [0, 0.1) is 0 Å². The van der Waals surface area contributed by atoms with Crippen molar-refractivity contribution in [1.82, 2.24) is 0 Å². The van der Waals surface area contributed by atoms with Gasteiger partial charge in [0.05, 0.1) is 10.8 Å². The fraction of sp³-hybridized carbons (Fsp3) is 0. The smallest absolute Gasteiger partial charge is 0.201 e. The van der Waals surface area contributed by atoms with Crippen LogP contribution < -0.4 is 15.2 Å². The van der Waals surface area contributed by atoms with E-state index in [4.69, 9.17) is 9.47 Å². The molecule has 0 unspecified atom stereocenters. The first kappa shape index (κ1) is 13.2. The summed E-state index contributed by atoms with van der Waals surface area (Å²) in [6.07, 6.45) is 2.70. The Kier molecular flexibility index (Phi) is 2.45. The summed E-state index contributed by atoms with van der Waals surface area (Å²) in [4.78, 5) is 0. The van der Waals surface area contributed by atoms with Crippen molar-refractivity contribution in [3.63, 3.8) is 0 Å². The number of phenolic OH excluding ortho intramolecular Hbond substituents is 5. The maximum absolute atomic E-state index is 9.91. The maximum atomic E-state index is 9.91. The highest BCUT2D eigenvalue weighted by molar-refractivity contribution is 5.81. The van der Waals surface area contributed by atoms with Crippen molar-refractivity contribution in [2.75, 3.05) is 0 Å². The molecule has 0 spiro atoms. The van der Waals surface area contributed by atoms with Gasteiger partial charge in [0.1, 0.15) is 23.5 Å². The molecule has 2 aromatic carbocycles. The summed E-state index contributed by atoms with van der Waals surface area (Å²) in [5.41, 5.74) is 0.325. The number of phenols is 5. The van der Waals surface area contributed by atoms with Crippen molar-refractivity contribution in [1.29, 1.82) is 0 Å². The molecule has 0 saturated carbocycles. The van der Waals surface area contributed by atoms with Gasteiger partial charge in [-0.15, -0.1) is 0 Å². The Morgan fingerprint density at radius 2 is 1.61 bits per heavy atom. The minimum absolute atomic E-state index is 0.139. The first-order valence-corrected chi connectivity index (χ1v) is 6.56. The predicted octanol–water partition coefficient (Wildman–Crippen LogP) is 0.524. The third-order valence-electron chi connectivity index (χ3n) is 3.66. The van der Waals surface area contributed by atoms with Gasteiger partial charge in [-0.25, -0.2) is 0 Å². The van der Waals surface area contributed by atoms with E-state index in [1.54, 1.807) is 0 Å². The van der Waals surface area contributed by atoms with Gasteiger partial charge in [-0.1, -0.05) is 0 Å². The number of benzene rings is 2. The van der Waals surface area contributed by atoms with Crippen LogP contribution in [0.15, 0.2) is 24.0 Å². The lowest BCUT2D eigenvalue weighted by Crippen LogP contribution is -2.33. The van der Waals surface area contributed by atoms with Crippen molar-refractivity contribution in [2.24, 2.45) is 0 Å². The average molecular weight is 314 g/mol. The predicted molar refractivity (Wildman–Crippen MR) is 78.0 cm³/mol. The zero-order valence-electron chi connectivity index (χ0n) is 11.4. The van der Waals surface area contributed by atoms with Crippen LogP contribution in [0.4, 0.5) is 0 Å². The van der Waals surface area contributed by atoms with Crippen LogP contribution >= 0.6 is 0 Å². The van der Waals surface area contributed by atoms with Gasteiger partial charge in [0.15, 0.2) is 23.0 Å². The van der Waals surface area contributed by atoms with Gasteiger partial charge in [-0.3, -0.25) is 0 Å². The quantitative estimate of drug-likeness (QED) is 0.450. The number of hydrogen-bond acceptors (Lipinski definition) is 7. The SMILES string of the molecule is Oc1cc(O)c2c(c1)OC1=c3cc(O)c(O)c(O)c3=COC1=C2. The molecule has 0 fully saturated rings. The Morgan fingerprint density at radius 1 is 0.826 bits per heavy atom. The number of fused-ring (bicyclic) bond motifs is 3. The Balaban J connectivity index is 2.06. The standard InChI is InChI=1S/C16H10O7/c17-6-1-10(18)8-4-13-16(23-12(8)2-6)7-3-11(19)15(21)14(20)9(7)5-22-13/h1-5,17-21H. The summed E-state index contributed by atoms with van der Waals surface area (Å²) >= 11 is 0. The first-order valence-electron chi connectivity index (χ1n) is 6.56. The van der Waals surface area contributed by atoms with Crippen molar-refractivity contribution in [3.8, 4) is 34.5 Å². The molecule has 2 heterocycles. The highest BCUT2D eigenvalue weighted by Gasteiger charge is 2.26. The molecule has 0 saturated heterocycles. The number of rotatable bonds is 0. The normalized spacial score (nSPS) is 14.4. The lowest BCUT2D eigenvalue weighted by molar-refractivity contribution is 0.350. The molecule has 0 aliphatic carbocycles. The summed E-state index contributed by atoms with van der Waals surface area (Å²) in [5, 5.41) is 49.1. The highest BCUT2D eigenvalue weighted by Crippen LogP contribution is 2.41. The van der Waals surface area contributed by atoms with Crippen LogP contribution in [0.5, 0.6) is 34.5 Å². The van der Waals surface area contributed by atoms with E-state index in [1.165, 1.54) is 30.5 Å². The summed E-state index contributed by atoms with van der Waals surface area (Å²) < 4.78 is 11.0. The molecule has 0 bridgehead atoms. The Morgan fingerprint density at radius 3 is 2.39 bits per heavy atom. The molecule has 116 valence electrons. The van der Waals surface area contributed by atoms with E-state index < -0.39 is 17.2 Å². The zero-order valence-corrected chi connectivity index (χ0v) is 11.4. The summed E-state index contributed by atoms with van der Waals surface area (Å²) in [7, 11) is 0. The fourth-order valence-corrected chi connectivity index (χ4v) is 2.55. The molecular formula is C16H10O7. The average Bonchev–Trinajstić information content (AvgIpc) is 2.51. The molecule has 2 aliphatic rings. The van der Waals surface area contributed by atoms with Gasteiger partial charge in [-0.2, -0.15) is 0 Å². The topological polar surface area (TPSA) is 120 Å². The minimum Gasteiger partial charge on any atom is -0.508 e. The monoisotopic (exact) mass is 314 g/mol. The van der Waals surface area contributed by atoms with E-state index >= 15 is 0 Å². The summed E-state index contributed by atoms with van der Waals surface area (Å²) in [6, 6.07) is 3.70. The van der Waals surface area contributed by atoms with Crippen molar-refractivity contribution in [2.45, 2.75) is 0 Å². The number of aromatic hydroxyl groups is 5. The molecule has 7 heteroatoms. The Labute approximate surface area is 128 Å². The van der Waals surface area contributed by atoms with E-state index in [2.05, 4.69) is 0 Å². The number of hydrogen-bond donors (Lipinski definition) is 5. The lowest BCUT2D eigenvalue weighted by Gasteiger charge is -2.23. The molecule has 5 N–H and O–H groups in total. The van der Waals surface area contributed by atoms with E-state index in [9.17, 15) is 25.5 Å². The third-order valence-corrected chi connectivity index (χ3v) is 3.66. The van der Waals surface area contributed by atoms with Crippen LogP contribution in [0.3, 0.4) is 0 Å². The van der Waals surface area contributed by atoms with E-state index in [0.29, 0.717) is 10.8 Å². The van der Waals surface area contributed by atoms with Crippen LogP contribution in [0.2, 0.25) is 0 Å². The molecular weight excluding hydrogens is 304 g/mol. The van der Waals surface area contributed by atoms with Crippen LogP contribution in [-0.2, 0) is 4.74 Å². The second kappa shape index (κ2) is 4.26. The largest absolute Gasteiger partial charge is 0.508 e. The molecule has 0 aromatic heterocycles. The van der Waals surface area contributed by atoms with Crippen LogP contribution in [-0.4, -0.2) is 25.5 Å².